The van der Waals surface area contributed by atoms with Crippen LogP contribution in [0.5, 0.6) is 0 Å². The second-order valence-corrected chi connectivity index (χ2v) is 7.26. The largest absolute Gasteiger partial charge is 0.292 e. The van der Waals surface area contributed by atoms with Gasteiger partial charge in [0.15, 0.2) is 0 Å². The summed E-state index contributed by atoms with van der Waals surface area (Å²) in [5, 5.41) is 0. The van der Waals surface area contributed by atoms with Gasteiger partial charge in [0.1, 0.15) is 0 Å². The highest BCUT2D eigenvalue weighted by molar-refractivity contribution is 6.22. The molecule has 1 heterocycles. The van der Waals surface area contributed by atoms with Gasteiger partial charge in [-0.3, -0.25) is 14.5 Å². The van der Waals surface area contributed by atoms with Crippen LogP contribution in [0.25, 0.3) is 0 Å². The van der Waals surface area contributed by atoms with Crippen LogP contribution in [0, 0.1) is 0 Å². The maximum Gasteiger partial charge on any atom is 0.251 e. The number of aryl methyl sites for hydroxylation is 1. The number of unbranched alkanes of at least 4 members (excludes halogenated alkanes) is 4. The minimum atomic E-state index is -0.290. The van der Waals surface area contributed by atoms with Crippen molar-refractivity contribution in [1.82, 2.24) is 4.90 Å². The molecule has 1 atom stereocenters. The van der Waals surface area contributed by atoms with E-state index in [4.69, 9.17) is 0 Å². The van der Waals surface area contributed by atoms with Gasteiger partial charge in [-0.15, -0.1) is 0 Å². The van der Waals surface area contributed by atoms with E-state index >= 15 is 0 Å². The van der Waals surface area contributed by atoms with Crippen molar-refractivity contribution < 1.29 is 9.59 Å². The Labute approximate surface area is 158 Å². The number of carbonyl (C=O) groups excluding carboxylic acids is 2. The molecule has 0 spiro atoms. The first-order valence-corrected chi connectivity index (χ1v) is 10.3. The topological polar surface area (TPSA) is 40.6 Å². The van der Waals surface area contributed by atoms with Crippen LogP contribution in [-0.2, 0) is 16.0 Å². The number of anilines is 1. The molecule has 0 unspecified atom stereocenters. The predicted octanol–water partition coefficient (Wildman–Crippen LogP) is 4.56. The van der Waals surface area contributed by atoms with Gasteiger partial charge in [-0.2, -0.15) is 0 Å². The summed E-state index contributed by atoms with van der Waals surface area (Å²) in [4.78, 5) is 29.3. The van der Waals surface area contributed by atoms with Crippen molar-refractivity contribution in [3.8, 4) is 0 Å². The number of hydrogen-bond donors (Lipinski definition) is 0. The zero-order chi connectivity index (χ0) is 18.9. The molecule has 0 aliphatic carbocycles. The molecule has 1 aromatic carbocycles. The maximum absolute atomic E-state index is 13.0. The zero-order valence-electron chi connectivity index (χ0n) is 16.7. The molecule has 0 N–H and O–H groups in total. The third kappa shape index (κ3) is 5.16. The fourth-order valence-electron chi connectivity index (χ4n) is 3.61. The fraction of sp³-hybridized carbons (Fsp3) is 0.636. The Morgan fingerprint density at radius 1 is 0.923 bits per heavy atom. The summed E-state index contributed by atoms with van der Waals surface area (Å²) in [6, 6.07) is 7.51. The Balaban J connectivity index is 2.10. The Bertz CT molecular complexity index is 572. The Kier molecular flexibility index (Phi) is 8.30. The molecule has 0 aromatic heterocycles. The van der Waals surface area contributed by atoms with E-state index in [0.717, 1.165) is 45.2 Å². The highest BCUT2D eigenvalue weighted by Gasteiger charge is 2.42. The second kappa shape index (κ2) is 10.5. The normalized spacial score (nSPS) is 17.5. The molecule has 26 heavy (non-hydrogen) atoms. The fourth-order valence-corrected chi connectivity index (χ4v) is 3.61. The highest BCUT2D eigenvalue weighted by Crippen LogP contribution is 2.26. The lowest BCUT2D eigenvalue weighted by Gasteiger charge is -2.27. The lowest BCUT2D eigenvalue weighted by atomic mass is 10.1. The Morgan fingerprint density at radius 3 is 2.00 bits per heavy atom. The van der Waals surface area contributed by atoms with Gasteiger partial charge in [-0.1, -0.05) is 58.6 Å². The number of rotatable bonds is 11. The van der Waals surface area contributed by atoms with Crippen LogP contribution in [0.15, 0.2) is 24.3 Å². The van der Waals surface area contributed by atoms with E-state index in [9.17, 15) is 9.59 Å². The molecule has 2 rings (SSSR count). The molecule has 0 bridgehead atoms. The number of nitrogens with zero attached hydrogens (tertiary/aromatic N) is 2. The van der Waals surface area contributed by atoms with Crippen molar-refractivity contribution in [2.24, 2.45) is 0 Å². The maximum atomic E-state index is 13.0. The molecule has 1 saturated heterocycles. The first-order chi connectivity index (χ1) is 12.6. The first-order valence-electron chi connectivity index (χ1n) is 10.3. The van der Waals surface area contributed by atoms with E-state index in [1.807, 2.05) is 24.3 Å². The van der Waals surface area contributed by atoms with Gasteiger partial charge in [0, 0.05) is 0 Å². The molecule has 1 aromatic rings. The zero-order valence-corrected chi connectivity index (χ0v) is 16.7. The number of amides is 2. The monoisotopic (exact) mass is 358 g/mol. The predicted molar refractivity (Wildman–Crippen MR) is 107 cm³/mol. The summed E-state index contributed by atoms with van der Waals surface area (Å²) in [7, 11) is 0. The van der Waals surface area contributed by atoms with E-state index < -0.39 is 0 Å². The third-order valence-electron chi connectivity index (χ3n) is 5.26. The molecule has 1 aliphatic heterocycles. The SMILES string of the molecule is CCCCCN(CCCCC)[C@H]1CC(=O)N(c2ccc(CC)cc2)C1=O. The molecule has 0 radical (unpaired) electrons. The van der Waals surface area contributed by atoms with Gasteiger partial charge >= 0.3 is 0 Å². The molecule has 2 amide bonds. The minimum absolute atomic E-state index is 0.0488. The highest BCUT2D eigenvalue weighted by atomic mass is 16.2. The standard InChI is InChI=1S/C22H34N2O2/c1-4-7-9-15-23(16-10-8-5-2)20-17-21(25)24(22(20)26)19-13-11-18(6-3)12-14-19/h11-14,20H,4-10,15-17H2,1-3H3/t20-/m0/s1. The quantitative estimate of drug-likeness (QED) is 0.430. The van der Waals surface area contributed by atoms with Crippen LogP contribution in [0.3, 0.4) is 0 Å². The van der Waals surface area contributed by atoms with Gasteiger partial charge in [-0.05, 0) is 50.0 Å². The van der Waals surface area contributed by atoms with E-state index in [2.05, 4.69) is 25.7 Å². The summed E-state index contributed by atoms with van der Waals surface area (Å²) in [5.74, 6) is -0.118. The van der Waals surface area contributed by atoms with E-state index in [-0.39, 0.29) is 17.9 Å². The minimum Gasteiger partial charge on any atom is -0.292 e. The molecular formula is C22H34N2O2. The average molecular weight is 359 g/mol. The summed E-state index contributed by atoms with van der Waals surface area (Å²) in [6.45, 7) is 8.29. The molecular weight excluding hydrogens is 324 g/mol. The third-order valence-corrected chi connectivity index (χ3v) is 5.26. The van der Waals surface area contributed by atoms with Gasteiger partial charge in [0.2, 0.25) is 5.91 Å². The van der Waals surface area contributed by atoms with E-state index in [0.29, 0.717) is 12.1 Å². The Hall–Kier alpha value is -1.68. The first kappa shape index (κ1) is 20.6. The van der Waals surface area contributed by atoms with Crippen molar-refractivity contribution >= 4 is 17.5 Å². The average Bonchev–Trinajstić information content (AvgIpc) is 2.95. The lowest BCUT2D eigenvalue weighted by Crippen LogP contribution is -2.43. The summed E-state index contributed by atoms with van der Waals surface area (Å²) in [5.41, 5.74) is 1.92. The van der Waals surface area contributed by atoms with E-state index in [1.165, 1.54) is 23.3 Å². The summed E-state index contributed by atoms with van der Waals surface area (Å²) >= 11 is 0. The molecule has 1 fully saturated rings. The molecule has 0 saturated carbocycles. The number of imide groups is 1. The van der Waals surface area contributed by atoms with E-state index in [1.54, 1.807) is 0 Å². The molecule has 4 nitrogen and oxygen atoms in total. The van der Waals surface area contributed by atoms with Crippen molar-refractivity contribution in [3.63, 3.8) is 0 Å². The smallest absolute Gasteiger partial charge is 0.251 e. The van der Waals surface area contributed by atoms with Gasteiger partial charge in [0.05, 0.1) is 18.2 Å². The van der Waals surface area contributed by atoms with Crippen LogP contribution in [-0.4, -0.2) is 35.8 Å². The summed E-state index contributed by atoms with van der Waals surface area (Å²) < 4.78 is 0. The van der Waals surface area contributed by atoms with Gasteiger partial charge in [-0.25, -0.2) is 4.90 Å². The van der Waals surface area contributed by atoms with Crippen LogP contribution < -0.4 is 4.90 Å². The number of carbonyl (C=O) groups is 2. The van der Waals surface area contributed by atoms with Gasteiger partial charge in [0.25, 0.3) is 5.91 Å². The Morgan fingerprint density at radius 2 is 1.50 bits per heavy atom. The van der Waals surface area contributed by atoms with Gasteiger partial charge < -0.3 is 0 Å². The van der Waals surface area contributed by atoms with Crippen LogP contribution in [0.1, 0.15) is 71.3 Å². The lowest BCUT2D eigenvalue weighted by molar-refractivity contribution is -0.123. The molecule has 4 heteroatoms. The van der Waals surface area contributed by atoms with Crippen molar-refractivity contribution in [3.05, 3.63) is 29.8 Å². The van der Waals surface area contributed by atoms with Crippen molar-refractivity contribution in [2.75, 3.05) is 18.0 Å². The number of hydrogen-bond acceptors (Lipinski definition) is 3. The van der Waals surface area contributed by atoms with Crippen LogP contribution >= 0.6 is 0 Å². The van der Waals surface area contributed by atoms with Crippen molar-refractivity contribution in [1.29, 1.82) is 0 Å². The summed E-state index contributed by atoms with van der Waals surface area (Å²) in [6.07, 6.45) is 8.10. The van der Waals surface area contributed by atoms with Crippen LogP contribution in [0.4, 0.5) is 5.69 Å². The van der Waals surface area contributed by atoms with Crippen LogP contribution in [0.2, 0.25) is 0 Å². The molecule has 144 valence electrons. The molecule has 1 aliphatic rings. The second-order valence-electron chi connectivity index (χ2n) is 7.26. The van der Waals surface area contributed by atoms with Crippen molar-refractivity contribution in [2.45, 2.75) is 78.2 Å². The number of benzene rings is 1.